The van der Waals surface area contributed by atoms with Gasteiger partial charge in [-0.15, -0.1) is 16.4 Å². The fraction of sp³-hybridized carbons (Fsp3) is 0. The van der Waals surface area contributed by atoms with E-state index in [1.54, 1.807) is 11.3 Å². The average Bonchev–Trinajstić information content (AvgIpc) is 3.16. The van der Waals surface area contributed by atoms with Gasteiger partial charge in [0, 0.05) is 10.4 Å². The topological polar surface area (TPSA) is 65.4 Å². The van der Waals surface area contributed by atoms with Crippen LogP contribution >= 0.6 is 11.3 Å². The van der Waals surface area contributed by atoms with Gasteiger partial charge in [0.2, 0.25) is 0 Å². The lowest BCUT2D eigenvalue weighted by molar-refractivity contribution is 0.937. The summed E-state index contributed by atoms with van der Waals surface area (Å²) < 4.78 is 0. The van der Waals surface area contributed by atoms with Crippen LogP contribution in [0.25, 0.3) is 23.4 Å². The number of hydrogen-bond donors (Lipinski definition) is 1. The molecule has 3 aromatic rings. The van der Waals surface area contributed by atoms with E-state index in [9.17, 15) is 0 Å². The van der Waals surface area contributed by atoms with E-state index in [1.165, 1.54) is 4.88 Å². The zero-order valence-corrected chi connectivity index (χ0v) is 11.3. The lowest BCUT2D eigenvalue weighted by Crippen LogP contribution is -1.83. The van der Waals surface area contributed by atoms with Crippen molar-refractivity contribution in [1.29, 1.82) is 5.26 Å². The van der Waals surface area contributed by atoms with Gasteiger partial charge in [-0.3, -0.25) is 0 Å². The van der Waals surface area contributed by atoms with Crippen LogP contribution in [0.4, 0.5) is 0 Å². The van der Waals surface area contributed by atoms with Crippen molar-refractivity contribution in [2.24, 2.45) is 0 Å². The normalized spacial score (nSPS) is 10.8. The maximum atomic E-state index is 8.98. The van der Waals surface area contributed by atoms with Crippen LogP contribution in [0.1, 0.15) is 16.1 Å². The van der Waals surface area contributed by atoms with Crippen LogP contribution in [0.15, 0.2) is 41.8 Å². The molecular weight excluding hydrogens is 268 g/mol. The molecule has 20 heavy (non-hydrogen) atoms. The summed E-state index contributed by atoms with van der Waals surface area (Å²) in [6, 6.07) is 14.0. The molecule has 0 radical (unpaired) electrons. The molecule has 0 bridgehead atoms. The fourth-order valence-corrected chi connectivity index (χ4v) is 2.48. The summed E-state index contributed by atoms with van der Waals surface area (Å²) in [5, 5.41) is 21.4. The molecule has 2 heterocycles. The SMILES string of the molecule is N#Cc1n[nH]nc1-c1cccc(/C=C/c2cccs2)c1. The van der Waals surface area contributed by atoms with Crippen LogP contribution in [0.3, 0.4) is 0 Å². The number of rotatable bonds is 3. The van der Waals surface area contributed by atoms with Crippen LogP contribution in [0.5, 0.6) is 0 Å². The Morgan fingerprint density at radius 2 is 2.10 bits per heavy atom. The monoisotopic (exact) mass is 278 g/mol. The lowest BCUT2D eigenvalue weighted by Gasteiger charge is -1.98. The minimum Gasteiger partial charge on any atom is -0.196 e. The highest BCUT2D eigenvalue weighted by Crippen LogP contribution is 2.21. The molecule has 0 spiro atoms. The first-order valence-corrected chi connectivity index (χ1v) is 6.87. The number of thiophene rings is 1. The van der Waals surface area contributed by atoms with E-state index in [-0.39, 0.29) is 0 Å². The second-order valence-electron chi connectivity index (χ2n) is 4.11. The molecule has 3 rings (SSSR count). The summed E-state index contributed by atoms with van der Waals surface area (Å²) in [5.41, 5.74) is 2.83. The summed E-state index contributed by atoms with van der Waals surface area (Å²) >= 11 is 1.69. The van der Waals surface area contributed by atoms with Gasteiger partial charge in [0.25, 0.3) is 0 Å². The van der Waals surface area contributed by atoms with Crippen molar-refractivity contribution >= 4 is 23.5 Å². The number of aromatic nitrogens is 3. The van der Waals surface area contributed by atoms with Gasteiger partial charge in [-0.25, -0.2) is 0 Å². The molecule has 0 aliphatic heterocycles. The lowest BCUT2D eigenvalue weighted by atomic mass is 10.1. The Morgan fingerprint density at radius 3 is 2.90 bits per heavy atom. The number of benzene rings is 1. The van der Waals surface area contributed by atoms with Gasteiger partial charge in [0.15, 0.2) is 5.69 Å². The van der Waals surface area contributed by atoms with E-state index >= 15 is 0 Å². The number of nitrogens with zero attached hydrogens (tertiary/aromatic N) is 3. The van der Waals surface area contributed by atoms with Gasteiger partial charge in [0.1, 0.15) is 11.8 Å². The first-order valence-electron chi connectivity index (χ1n) is 6.00. The fourth-order valence-electron chi connectivity index (χ4n) is 1.86. The van der Waals surface area contributed by atoms with Crippen molar-refractivity contribution in [3.05, 3.63) is 57.9 Å². The predicted molar refractivity (Wildman–Crippen MR) is 79.8 cm³/mol. The Bertz CT molecular complexity index is 778. The Balaban J connectivity index is 1.92. The molecule has 0 unspecified atom stereocenters. The molecule has 0 amide bonds. The Kier molecular flexibility index (Phi) is 3.40. The summed E-state index contributed by atoms with van der Waals surface area (Å²) in [6.07, 6.45) is 4.11. The largest absolute Gasteiger partial charge is 0.196 e. The van der Waals surface area contributed by atoms with Crippen molar-refractivity contribution in [2.75, 3.05) is 0 Å². The number of aromatic amines is 1. The molecule has 5 heteroatoms. The number of nitriles is 1. The Labute approximate surface area is 120 Å². The number of H-pyrrole nitrogens is 1. The maximum Gasteiger partial charge on any atom is 0.190 e. The minimum atomic E-state index is 0.310. The average molecular weight is 278 g/mol. The van der Waals surface area contributed by atoms with Gasteiger partial charge in [-0.05, 0) is 29.2 Å². The van der Waals surface area contributed by atoms with Gasteiger partial charge < -0.3 is 0 Å². The first kappa shape index (κ1) is 12.3. The Hall–Kier alpha value is -2.71. The van der Waals surface area contributed by atoms with Gasteiger partial charge in [0.05, 0.1) is 0 Å². The molecular formula is C15H10N4S. The highest BCUT2D eigenvalue weighted by Gasteiger charge is 2.09. The highest BCUT2D eigenvalue weighted by atomic mass is 32.1. The van der Waals surface area contributed by atoms with Crippen molar-refractivity contribution in [2.45, 2.75) is 0 Å². The van der Waals surface area contributed by atoms with Crippen LogP contribution in [-0.4, -0.2) is 15.4 Å². The Morgan fingerprint density at radius 1 is 1.15 bits per heavy atom. The van der Waals surface area contributed by atoms with E-state index in [4.69, 9.17) is 5.26 Å². The third-order valence-corrected chi connectivity index (χ3v) is 3.63. The van der Waals surface area contributed by atoms with Crippen LogP contribution in [0.2, 0.25) is 0 Å². The second-order valence-corrected chi connectivity index (χ2v) is 5.09. The van der Waals surface area contributed by atoms with E-state index in [0.29, 0.717) is 11.4 Å². The zero-order valence-electron chi connectivity index (χ0n) is 10.4. The summed E-state index contributed by atoms with van der Waals surface area (Å²) in [6.45, 7) is 0. The van der Waals surface area contributed by atoms with Gasteiger partial charge >= 0.3 is 0 Å². The van der Waals surface area contributed by atoms with Crippen LogP contribution < -0.4 is 0 Å². The maximum absolute atomic E-state index is 8.98. The standard InChI is InChI=1S/C15H10N4S/c16-10-14-15(18-19-17-14)12-4-1-3-11(9-12)6-7-13-5-2-8-20-13/h1-9H,(H,17,18,19)/b7-6+. The van der Waals surface area contributed by atoms with Crippen LogP contribution in [-0.2, 0) is 0 Å². The molecule has 1 aromatic carbocycles. The van der Waals surface area contributed by atoms with Crippen LogP contribution in [0, 0.1) is 11.3 Å². The van der Waals surface area contributed by atoms with Gasteiger partial charge in [-0.1, -0.05) is 30.3 Å². The molecule has 1 N–H and O–H groups in total. The van der Waals surface area contributed by atoms with Crippen molar-refractivity contribution in [3.63, 3.8) is 0 Å². The third kappa shape index (κ3) is 2.51. The van der Waals surface area contributed by atoms with Crippen molar-refractivity contribution in [3.8, 4) is 17.3 Å². The number of nitrogens with one attached hydrogen (secondary N) is 1. The van der Waals surface area contributed by atoms with E-state index < -0.39 is 0 Å². The molecule has 0 atom stereocenters. The molecule has 96 valence electrons. The second kappa shape index (κ2) is 5.51. The quantitative estimate of drug-likeness (QED) is 0.796. The van der Waals surface area contributed by atoms with E-state index in [2.05, 4.69) is 27.6 Å². The minimum absolute atomic E-state index is 0.310. The third-order valence-electron chi connectivity index (χ3n) is 2.80. The molecule has 0 saturated carbocycles. The summed E-state index contributed by atoms with van der Waals surface area (Å²) in [5.74, 6) is 0. The predicted octanol–water partition coefficient (Wildman–Crippen LogP) is 3.58. The molecule has 0 saturated heterocycles. The molecule has 0 aliphatic carbocycles. The number of hydrogen-bond acceptors (Lipinski definition) is 4. The molecule has 2 aromatic heterocycles. The van der Waals surface area contributed by atoms with Crippen molar-refractivity contribution < 1.29 is 0 Å². The zero-order chi connectivity index (χ0) is 13.8. The van der Waals surface area contributed by atoms with Gasteiger partial charge in [-0.2, -0.15) is 15.6 Å². The molecule has 0 fully saturated rings. The van der Waals surface area contributed by atoms with Crippen molar-refractivity contribution in [1.82, 2.24) is 15.4 Å². The smallest absolute Gasteiger partial charge is 0.190 e. The van der Waals surface area contributed by atoms with E-state index in [1.807, 2.05) is 47.9 Å². The highest BCUT2D eigenvalue weighted by molar-refractivity contribution is 7.10. The summed E-state index contributed by atoms with van der Waals surface area (Å²) in [4.78, 5) is 1.20. The first-order chi connectivity index (χ1) is 9.86. The molecule has 4 nitrogen and oxygen atoms in total. The van der Waals surface area contributed by atoms with E-state index in [0.717, 1.165) is 11.1 Å². The molecule has 0 aliphatic rings. The summed E-state index contributed by atoms with van der Waals surface area (Å²) in [7, 11) is 0.